The van der Waals surface area contributed by atoms with E-state index < -0.39 is 5.97 Å². The van der Waals surface area contributed by atoms with Crippen LogP contribution in [0.4, 0.5) is 4.79 Å². The van der Waals surface area contributed by atoms with Gasteiger partial charge in [0.05, 0.1) is 6.54 Å². The monoisotopic (exact) mass is 269 g/mol. The van der Waals surface area contributed by atoms with E-state index in [0.29, 0.717) is 11.0 Å². The second kappa shape index (κ2) is 5.34. The number of urea groups is 1. The molecule has 0 unspecified atom stereocenters. The molecule has 0 atom stereocenters. The number of amides is 2. The minimum atomic E-state index is -1.05. The molecule has 18 heavy (non-hydrogen) atoms. The van der Waals surface area contributed by atoms with Gasteiger partial charge >= 0.3 is 12.0 Å². The lowest BCUT2D eigenvalue weighted by atomic mass is 9.92. The zero-order chi connectivity index (χ0) is 13.1. The summed E-state index contributed by atoms with van der Waals surface area (Å²) in [5.74, 6) is -1.05. The number of carboxylic acids is 1. The van der Waals surface area contributed by atoms with Crippen molar-refractivity contribution in [3.8, 4) is 0 Å². The third kappa shape index (κ3) is 2.79. The Hall–Kier alpha value is -1.63. The maximum absolute atomic E-state index is 11.8. The van der Waals surface area contributed by atoms with E-state index in [4.69, 9.17) is 5.11 Å². The molecule has 1 heterocycles. The first-order valence-electron chi connectivity index (χ1n) is 5.76. The number of carbonyl (C=O) groups excluding carboxylic acids is 1. The predicted molar refractivity (Wildman–Crippen MR) is 66.7 cm³/mol. The number of rotatable bonds is 4. The van der Waals surface area contributed by atoms with Crippen molar-refractivity contribution in [2.75, 3.05) is 7.05 Å². The van der Waals surface area contributed by atoms with Gasteiger partial charge in [-0.2, -0.15) is 0 Å². The van der Waals surface area contributed by atoms with E-state index in [0.717, 1.165) is 12.8 Å². The second-order valence-electron chi connectivity index (χ2n) is 4.29. The number of hydrogen-bond acceptors (Lipinski definition) is 4. The third-order valence-electron chi connectivity index (χ3n) is 3.10. The fourth-order valence-corrected chi connectivity index (χ4v) is 2.41. The number of carboxylic acid groups (broad SMARTS) is 1. The lowest BCUT2D eigenvalue weighted by Crippen LogP contribution is -2.46. The van der Waals surface area contributed by atoms with E-state index >= 15 is 0 Å². The number of carbonyl (C=O) groups is 2. The fourth-order valence-electron chi connectivity index (χ4n) is 1.71. The molecule has 0 spiro atoms. The van der Waals surface area contributed by atoms with Crippen LogP contribution in [0, 0.1) is 0 Å². The molecule has 6 nitrogen and oxygen atoms in total. The number of nitrogens with one attached hydrogen (secondary N) is 1. The SMILES string of the molecule is CN(C(=O)NCc1nc(C(=O)O)cs1)C1CCC1. The number of aromatic carboxylic acids is 1. The van der Waals surface area contributed by atoms with E-state index in [9.17, 15) is 9.59 Å². The molecule has 1 fully saturated rings. The fraction of sp³-hybridized carbons (Fsp3) is 0.545. The largest absolute Gasteiger partial charge is 0.476 e. The number of thiazole rings is 1. The summed E-state index contributed by atoms with van der Waals surface area (Å²) in [6, 6.07) is 0.211. The molecular formula is C11H15N3O3S. The van der Waals surface area contributed by atoms with Gasteiger partial charge < -0.3 is 15.3 Å². The maximum Gasteiger partial charge on any atom is 0.355 e. The Morgan fingerprint density at radius 3 is 2.83 bits per heavy atom. The summed E-state index contributed by atoms with van der Waals surface area (Å²) in [6.07, 6.45) is 3.30. The van der Waals surface area contributed by atoms with Crippen molar-refractivity contribution in [1.29, 1.82) is 0 Å². The van der Waals surface area contributed by atoms with Gasteiger partial charge in [0.25, 0.3) is 0 Å². The molecule has 2 amide bonds. The minimum absolute atomic E-state index is 0.0246. The van der Waals surface area contributed by atoms with Crippen molar-refractivity contribution in [3.05, 3.63) is 16.1 Å². The summed E-state index contributed by atoms with van der Waals surface area (Å²) in [4.78, 5) is 28.0. The van der Waals surface area contributed by atoms with Crippen molar-refractivity contribution in [2.24, 2.45) is 0 Å². The van der Waals surface area contributed by atoms with Gasteiger partial charge in [-0.25, -0.2) is 14.6 Å². The Morgan fingerprint density at radius 1 is 1.61 bits per heavy atom. The Balaban J connectivity index is 1.82. The molecule has 0 saturated heterocycles. The van der Waals surface area contributed by atoms with Gasteiger partial charge in [-0.15, -0.1) is 11.3 Å². The normalized spacial score (nSPS) is 14.9. The van der Waals surface area contributed by atoms with Crippen molar-refractivity contribution in [1.82, 2.24) is 15.2 Å². The summed E-state index contributed by atoms with van der Waals surface area (Å²) >= 11 is 1.23. The zero-order valence-electron chi connectivity index (χ0n) is 10.0. The van der Waals surface area contributed by atoms with E-state index in [1.165, 1.54) is 23.1 Å². The quantitative estimate of drug-likeness (QED) is 0.868. The van der Waals surface area contributed by atoms with Crippen LogP contribution in [0.25, 0.3) is 0 Å². The molecule has 0 radical (unpaired) electrons. The summed E-state index contributed by atoms with van der Waals surface area (Å²) in [7, 11) is 1.78. The van der Waals surface area contributed by atoms with E-state index in [2.05, 4.69) is 10.3 Å². The molecule has 0 aliphatic heterocycles. The molecular weight excluding hydrogens is 254 g/mol. The molecule has 2 N–H and O–H groups in total. The summed E-state index contributed by atoms with van der Waals surface area (Å²) in [5, 5.41) is 13.5. The first-order chi connectivity index (χ1) is 8.58. The standard InChI is InChI=1S/C11H15N3O3S/c1-14(7-3-2-4-7)11(17)12-5-9-13-8(6-18-9)10(15)16/h6-7H,2-5H2,1H3,(H,12,17)(H,15,16). The molecule has 2 rings (SSSR count). The van der Waals surface area contributed by atoms with Crippen LogP contribution in [0.5, 0.6) is 0 Å². The zero-order valence-corrected chi connectivity index (χ0v) is 10.9. The highest BCUT2D eigenvalue weighted by molar-refractivity contribution is 7.09. The number of aromatic nitrogens is 1. The first-order valence-corrected chi connectivity index (χ1v) is 6.64. The van der Waals surface area contributed by atoms with Crippen LogP contribution in [0.2, 0.25) is 0 Å². The van der Waals surface area contributed by atoms with Crippen molar-refractivity contribution in [2.45, 2.75) is 31.8 Å². The first kappa shape index (κ1) is 12.8. The second-order valence-corrected chi connectivity index (χ2v) is 5.23. The van der Waals surface area contributed by atoms with Crippen LogP contribution in [0.15, 0.2) is 5.38 Å². The summed E-state index contributed by atoms with van der Waals surface area (Å²) < 4.78 is 0. The average Bonchev–Trinajstić information content (AvgIpc) is 2.72. The summed E-state index contributed by atoms with van der Waals surface area (Å²) in [6.45, 7) is 0.272. The predicted octanol–water partition coefficient (Wildman–Crippen LogP) is 1.54. The molecule has 0 aromatic carbocycles. The van der Waals surface area contributed by atoms with Gasteiger partial charge in [0.2, 0.25) is 0 Å². The molecule has 0 bridgehead atoms. The van der Waals surface area contributed by atoms with Gasteiger partial charge in [0.15, 0.2) is 5.69 Å². The Morgan fingerprint density at radius 2 is 2.33 bits per heavy atom. The van der Waals surface area contributed by atoms with Crippen LogP contribution in [0.3, 0.4) is 0 Å². The maximum atomic E-state index is 11.8. The minimum Gasteiger partial charge on any atom is -0.476 e. The van der Waals surface area contributed by atoms with Gasteiger partial charge in [-0.3, -0.25) is 0 Å². The summed E-state index contributed by atoms with van der Waals surface area (Å²) in [5.41, 5.74) is 0.0246. The molecule has 1 aromatic rings. The smallest absolute Gasteiger partial charge is 0.355 e. The van der Waals surface area contributed by atoms with Crippen molar-refractivity contribution >= 4 is 23.3 Å². The van der Waals surface area contributed by atoms with E-state index in [-0.39, 0.29) is 18.3 Å². The molecule has 7 heteroatoms. The van der Waals surface area contributed by atoms with Crippen LogP contribution < -0.4 is 5.32 Å². The van der Waals surface area contributed by atoms with E-state index in [1.54, 1.807) is 11.9 Å². The molecule has 98 valence electrons. The Kier molecular flexibility index (Phi) is 3.81. The van der Waals surface area contributed by atoms with Gasteiger partial charge in [0, 0.05) is 18.5 Å². The Bertz CT molecular complexity index is 456. The highest BCUT2D eigenvalue weighted by atomic mass is 32.1. The topological polar surface area (TPSA) is 82.5 Å². The number of nitrogens with zero attached hydrogens (tertiary/aromatic N) is 2. The van der Waals surface area contributed by atoms with Gasteiger partial charge in [-0.05, 0) is 19.3 Å². The van der Waals surface area contributed by atoms with Crippen LogP contribution >= 0.6 is 11.3 Å². The van der Waals surface area contributed by atoms with Crippen molar-refractivity contribution < 1.29 is 14.7 Å². The molecule has 1 aromatic heterocycles. The molecule has 1 aliphatic rings. The van der Waals surface area contributed by atoms with E-state index in [1.807, 2.05) is 0 Å². The third-order valence-corrected chi connectivity index (χ3v) is 3.95. The lowest BCUT2D eigenvalue weighted by molar-refractivity contribution is 0.0691. The molecule has 1 saturated carbocycles. The molecule has 1 aliphatic carbocycles. The van der Waals surface area contributed by atoms with Gasteiger partial charge in [0.1, 0.15) is 5.01 Å². The van der Waals surface area contributed by atoms with Crippen LogP contribution in [0.1, 0.15) is 34.8 Å². The average molecular weight is 269 g/mol. The van der Waals surface area contributed by atoms with Crippen LogP contribution in [-0.2, 0) is 6.54 Å². The lowest BCUT2D eigenvalue weighted by Gasteiger charge is -2.34. The highest BCUT2D eigenvalue weighted by Crippen LogP contribution is 2.23. The van der Waals surface area contributed by atoms with Crippen LogP contribution in [-0.4, -0.2) is 40.1 Å². The van der Waals surface area contributed by atoms with Crippen molar-refractivity contribution in [3.63, 3.8) is 0 Å². The number of hydrogen-bond donors (Lipinski definition) is 2. The van der Waals surface area contributed by atoms with Gasteiger partial charge in [-0.1, -0.05) is 0 Å². The highest BCUT2D eigenvalue weighted by Gasteiger charge is 2.25. The Labute approximate surface area is 109 Å².